The van der Waals surface area contributed by atoms with E-state index in [0.717, 1.165) is 4.90 Å². The normalized spacial score (nSPS) is 11.4. The van der Waals surface area contributed by atoms with Crippen molar-refractivity contribution in [1.29, 1.82) is 0 Å². The number of carboxylic acid groups (broad SMARTS) is 1. The summed E-state index contributed by atoms with van der Waals surface area (Å²) in [5.41, 5.74) is 0.518. The molecule has 0 heterocycles. The molecule has 0 aliphatic carbocycles. The van der Waals surface area contributed by atoms with Gasteiger partial charge in [0.1, 0.15) is 10.1 Å². The molecule has 14 heavy (non-hydrogen) atoms. The lowest BCUT2D eigenvalue weighted by Gasteiger charge is -2.26. The van der Waals surface area contributed by atoms with Gasteiger partial charge in [-0.05, 0) is 34.7 Å². The van der Waals surface area contributed by atoms with Gasteiger partial charge in [-0.15, -0.1) is 6.42 Å². The molecule has 0 radical (unpaired) electrons. The largest absolute Gasteiger partial charge is 0.530 e. The molecule has 4 heteroatoms. The van der Waals surface area contributed by atoms with E-state index in [1.807, 2.05) is 22.6 Å². The van der Waals surface area contributed by atoms with Gasteiger partial charge in [-0.3, -0.25) is 0 Å². The van der Waals surface area contributed by atoms with Gasteiger partial charge in [0.2, 0.25) is 0 Å². The molecule has 0 saturated carbocycles. The molecule has 0 fully saturated rings. The minimum Gasteiger partial charge on any atom is -0.530 e. The van der Waals surface area contributed by atoms with Crippen LogP contribution in [-0.4, -0.2) is 10.1 Å². The van der Waals surface area contributed by atoms with Crippen molar-refractivity contribution < 1.29 is 9.90 Å². The number of nitrogens with zero attached hydrogens (tertiary/aromatic N) is 1. The van der Waals surface area contributed by atoms with Crippen LogP contribution in [0.25, 0.3) is 0 Å². The van der Waals surface area contributed by atoms with Crippen molar-refractivity contribution in [3.8, 4) is 12.3 Å². The van der Waals surface area contributed by atoms with Crippen molar-refractivity contribution >= 4 is 34.4 Å². The van der Waals surface area contributed by atoms with Crippen molar-refractivity contribution in [2.24, 2.45) is 0 Å². The van der Waals surface area contributed by atoms with Crippen LogP contribution in [0.4, 0.5) is 10.5 Å². The van der Waals surface area contributed by atoms with Gasteiger partial charge < -0.3 is 14.8 Å². The van der Waals surface area contributed by atoms with Crippen LogP contribution in [-0.2, 0) is 0 Å². The second-order valence-electron chi connectivity index (χ2n) is 2.47. The molecule has 3 nitrogen and oxygen atoms in total. The van der Waals surface area contributed by atoms with Crippen molar-refractivity contribution in [3.05, 3.63) is 30.3 Å². The van der Waals surface area contributed by atoms with Crippen molar-refractivity contribution in [1.82, 2.24) is 0 Å². The Morgan fingerprint density at radius 2 is 2.07 bits per heavy atom. The Morgan fingerprint density at radius 1 is 1.50 bits per heavy atom. The lowest BCUT2D eigenvalue weighted by atomic mass is 10.3. The van der Waals surface area contributed by atoms with E-state index in [9.17, 15) is 9.90 Å². The summed E-state index contributed by atoms with van der Waals surface area (Å²) in [7, 11) is 0. The molecule has 0 N–H and O–H groups in total. The SMILES string of the molecule is C#CC(I)N(C(=O)[O-])c1ccccc1. The second-order valence-corrected chi connectivity index (χ2v) is 3.65. The number of halogens is 1. The molecule has 1 aromatic rings. The predicted molar refractivity (Wildman–Crippen MR) is 61.0 cm³/mol. The lowest BCUT2D eigenvalue weighted by molar-refractivity contribution is -0.246. The molecule has 0 spiro atoms. The van der Waals surface area contributed by atoms with Crippen LogP contribution in [0.3, 0.4) is 0 Å². The number of rotatable bonds is 2. The third-order valence-electron chi connectivity index (χ3n) is 1.60. The molecule has 72 valence electrons. The topological polar surface area (TPSA) is 43.4 Å². The molecule has 1 atom stereocenters. The maximum atomic E-state index is 10.8. The number of benzene rings is 1. The summed E-state index contributed by atoms with van der Waals surface area (Å²) in [6.07, 6.45) is 3.86. The molecular weight excluding hydrogens is 293 g/mol. The fourth-order valence-corrected chi connectivity index (χ4v) is 1.54. The summed E-state index contributed by atoms with van der Waals surface area (Å²) in [6, 6.07) is 8.61. The van der Waals surface area contributed by atoms with Gasteiger partial charge in [-0.2, -0.15) is 0 Å². The molecule has 0 aliphatic heterocycles. The van der Waals surface area contributed by atoms with E-state index in [0.29, 0.717) is 5.69 Å². The standard InChI is InChI=1S/C10H8INO2/c1-2-9(11)12(10(13)14)8-6-4-3-5-7-8/h1,3-7,9H,(H,13,14)/p-1. The van der Waals surface area contributed by atoms with Crippen LogP contribution in [0.2, 0.25) is 0 Å². The van der Waals surface area contributed by atoms with E-state index in [1.54, 1.807) is 30.3 Å². The zero-order chi connectivity index (χ0) is 10.6. The average Bonchev–Trinajstić information content (AvgIpc) is 2.19. The maximum Gasteiger partial charge on any atom is 0.147 e. The number of carbonyl (C=O) groups excluding carboxylic acids is 1. The molecule has 0 bridgehead atoms. The van der Waals surface area contributed by atoms with Gasteiger partial charge >= 0.3 is 0 Å². The quantitative estimate of drug-likeness (QED) is 0.357. The number of carbonyl (C=O) groups is 1. The van der Waals surface area contributed by atoms with Gasteiger partial charge in [-0.1, -0.05) is 24.1 Å². The minimum atomic E-state index is -1.30. The molecule has 0 saturated heterocycles. The number of alkyl halides is 1. The zero-order valence-electron chi connectivity index (χ0n) is 7.18. The minimum absolute atomic E-state index is 0.518. The highest BCUT2D eigenvalue weighted by Crippen LogP contribution is 2.18. The first-order valence-corrected chi connectivity index (χ1v) is 5.07. The Balaban J connectivity index is 3.02. The van der Waals surface area contributed by atoms with Gasteiger partial charge in [0.05, 0.1) is 0 Å². The van der Waals surface area contributed by atoms with Crippen molar-refractivity contribution in [2.45, 2.75) is 4.05 Å². The first-order valence-electron chi connectivity index (χ1n) is 3.82. The lowest BCUT2D eigenvalue weighted by Crippen LogP contribution is -2.44. The summed E-state index contributed by atoms with van der Waals surface area (Å²) < 4.78 is -0.556. The number of amides is 1. The molecule has 1 rings (SSSR count). The number of hydrogen-bond donors (Lipinski definition) is 0. The Bertz CT molecular complexity index is 358. The van der Waals surface area contributed by atoms with Crippen LogP contribution in [0.1, 0.15) is 0 Å². The van der Waals surface area contributed by atoms with E-state index in [4.69, 9.17) is 6.42 Å². The molecule has 0 aliphatic rings. The Hall–Kier alpha value is -1.22. The Labute approximate surface area is 95.9 Å². The van der Waals surface area contributed by atoms with E-state index in [2.05, 4.69) is 5.92 Å². The summed E-state index contributed by atoms with van der Waals surface area (Å²) in [6.45, 7) is 0. The first kappa shape index (κ1) is 10.9. The number of terminal acetylenes is 1. The van der Waals surface area contributed by atoms with E-state index < -0.39 is 10.1 Å². The Kier molecular flexibility index (Phi) is 3.77. The first-order chi connectivity index (χ1) is 6.66. The maximum absolute atomic E-state index is 10.8. The van der Waals surface area contributed by atoms with Gasteiger partial charge in [-0.25, -0.2) is 0 Å². The number of hydrogen-bond acceptors (Lipinski definition) is 2. The number of para-hydroxylation sites is 1. The molecule has 1 aromatic carbocycles. The molecule has 1 amide bonds. The summed E-state index contributed by atoms with van der Waals surface area (Å²) in [5.74, 6) is 2.34. The fraction of sp³-hybridized carbons (Fsp3) is 0.100. The highest BCUT2D eigenvalue weighted by Gasteiger charge is 2.13. The van der Waals surface area contributed by atoms with E-state index in [-0.39, 0.29) is 0 Å². The van der Waals surface area contributed by atoms with E-state index in [1.165, 1.54) is 0 Å². The van der Waals surface area contributed by atoms with Gasteiger partial charge in [0, 0.05) is 5.69 Å². The average molecular weight is 300 g/mol. The smallest absolute Gasteiger partial charge is 0.147 e. The van der Waals surface area contributed by atoms with Crippen LogP contribution >= 0.6 is 22.6 Å². The van der Waals surface area contributed by atoms with Crippen LogP contribution in [0.5, 0.6) is 0 Å². The zero-order valence-corrected chi connectivity index (χ0v) is 9.34. The van der Waals surface area contributed by atoms with Crippen molar-refractivity contribution in [3.63, 3.8) is 0 Å². The highest BCUT2D eigenvalue weighted by atomic mass is 127. The molecule has 1 unspecified atom stereocenters. The summed E-state index contributed by atoms with van der Waals surface area (Å²) in [5, 5.41) is 10.8. The van der Waals surface area contributed by atoms with Gasteiger partial charge in [0.25, 0.3) is 0 Å². The number of anilines is 1. The third kappa shape index (κ3) is 2.39. The summed E-state index contributed by atoms with van der Waals surface area (Å²) >= 11 is 1.86. The van der Waals surface area contributed by atoms with Crippen LogP contribution < -0.4 is 10.0 Å². The third-order valence-corrected chi connectivity index (χ3v) is 2.51. The van der Waals surface area contributed by atoms with Crippen molar-refractivity contribution in [2.75, 3.05) is 4.90 Å². The monoisotopic (exact) mass is 300 g/mol. The van der Waals surface area contributed by atoms with Crippen LogP contribution in [0, 0.1) is 12.3 Å². The Morgan fingerprint density at radius 3 is 2.50 bits per heavy atom. The van der Waals surface area contributed by atoms with Crippen LogP contribution in [0.15, 0.2) is 30.3 Å². The predicted octanol–water partition coefficient (Wildman–Crippen LogP) is 1.23. The second kappa shape index (κ2) is 4.86. The van der Waals surface area contributed by atoms with E-state index >= 15 is 0 Å². The van der Waals surface area contributed by atoms with Gasteiger partial charge in [0.15, 0.2) is 0 Å². The highest BCUT2D eigenvalue weighted by molar-refractivity contribution is 14.1. The molecular formula is C10H7INO2-. The fourth-order valence-electron chi connectivity index (χ4n) is 0.992. The molecule has 0 aromatic heterocycles. The summed E-state index contributed by atoms with van der Waals surface area (Å²) in [4.78, 5) is 11.8.